The molecule has 2 heteroatoms. The van der Waals surface area contributed by atoms with Gasteiger partial charge in [0.25, 0.3) is 0 Å². The number of nitriles is 1. The Bertz CT molecular complexity index is 531. The van der Waals surface area contributed by atoms with Crippen molar-refractivity contribution < 1.29 is 4.42 Å². The maximum atomic E-state index is 8.97. The van der Waals surface area contributed by atoms with E-state index >= 15 is 0 Å². The Labute approximate surface area is 89.1 Å². The highest BCUT2D eigenvalue weighted by atomic mass is 16.3. The normalized spacial score (nSPS) is 10.5. The summed E-state index contributed by atoms with van der Waals surface area (Å²) in [5.74, 6) is 0.470. The zero-order chi connectivity index (χ0) is 10.8. The van der Waals surface area contributed by atoms with E-state index in [1.54, 1.807) is 0 Å². The smallest absolute Gasteiger partial charge is 0.207 e. The van der Waals surface area contributed by atoms with E-state index in [0.717, 1.165) is 29.4 Å². The molecule has 15 heavy (non-hydrogen) atoms. The third-order valence-corrected chi connectivity index (χ3v) is 2.55. The summed E-state index contributed by atoms with van der Waals surface area (Å²) >= 11 is 0. The Morgan fingerprint density at radius 1 is 1.40 bits per heavy atom. The number of fused-ring (bicyclic) bond motifs is 1. The van der Waals surface area contributed by atoms with Gasteiger partial charge in [0, 0.05) is 10.9 Å². The molecule has 0 fully saturated rings. The number of hydrogen-bond acceptors (Lipinski definition) is 2. The van der Waals surface area contributed by atoms with Crippen molar-refractivity contribution in [2.24, 2.45) is 0 Å². The zero-order valence-electron chi connectivity index (χ0n) is 9.00. The van der Waals surface area contributed by atoms with E-state index in [1.807, 2.05) is 19.1 Å². The number of rotatable bonds is 2. The van der Waals surface area contributed by atoms with Crippen LogP contribution < -0.4 is 0 Å². The first-order chi connectivity index (χ1) is 7.26. The SMILES string of the molecule is CCCc1c(C#N)oc2ccc(C)cc12. The molecule has 0 unspecified atom stereocenters. The number of nitrogens with zero attached hydrogens (tertiary/aromatic N) is 1. The number of hydrogen-bond donors (Lipinski definition) is 0. The van der Waals surface area contributed by atoms with Crippen molar-refractivity contribution in [3.05, 3.63) is 35.1 Å². The molecule has 2 aromatic rings. The third kappa shape index (κ3) is 1.61. The van der Waals surface area contributed by atoms with Crippen LogP contribution in [0.3, 0.4) is 0 Å². The van der Waals surface area contributed by atoms with Crippen LogP contribution in [0, 0.1) is 18.3 Å². The molecule has 2 nitrogen and oxygen atoms in total. The van der Waals surface area contributed by atoms with Gasteiger partial charge in [0.05, 0.1) is 0 Å². The molecule has 0 aliphatic carbocycles. The van der Waals surface area contributed by atoms with Gasteiger partial charge in [-0.2, -0.15) is 5.26 Å². The molecule has 0 spiro atoms. The van der Waals surface area contributed by atoms with Crippen molar-refractivity contribution in [1.82, 2.24) is 0 Å². The fourth-order valence-electron chi connectivity index (χ4n) is 1.85. The lowest BCUT2D eigenvalue weighted by Gasteiger charge is -1.95. The quantitative estimate of drug-likeness (QED) is 0.741. The van der Waals surface area contributed by atoms with E-state index in [0.29, 0.717) is 5.76 Å². The van der Waals surface area contributed by atoms with Crippen molar-refractivity contribution in [2.75, 3.05) is 0 Å². The van der Waals surface area contributed by atoms with E-state index in [1.165, 1.54) is 5.56 Å². The second-order valence-corrected chi connectivity index (χ2v) is 3.77. The van der Waals surface area contributed by atoms with Crippen molar-refractivity contribution in [1.29, 1.82) is 5.26 Å². The Balaban J connectivity index is 2.72. The summed E-state index contributed by atoms with van der Waals surface area (Å²) in [5, 5.41) is 10.1. The van der Waals surface area contributed by atoms with Crippen molar-refractivity contribution in [3.8, 4) is 6.07 Å². The summed E-state index contributed by atoms with van der Waals surface area (Å²) in [6.45, 7) is 4.16. The van der Waals surface area contributed by atoms with Crippen molar-refractivity contribution in [2.45, 2.75) is 26.7 Å². The summed E-state index contributed by atoms with van der Waals surface area (Å²) in [6, 6.07) is 8.15. The van der Waals surface area contributed by atoms with Gasteiger partial charge in [0.2, 0.25) is 5.76 Å². The van der Waals surface area contributed by atoms with E-state index in [2.05, 4.69) is 19.1 Å². The predicted octanol–water partition coefficient (Wildman–Crippen LogP) is 3.57. The number of aryl methyl sites for hydroxylation is 2. The van der Waals surface area contributed by atoms with Gasteiger partial charge in [-0.25, -0.2) is 0 Å². The van der Waals surface area contributed by atoms with Crippen LogP contribution in [0.4, 0.5) is 0 Å². The Morgan fingerprint density at radius 3 is 2.87 bits per heavy atom. The molecule has 0 saturated heterocycles. The highest BCUT2D eigenvalue weighted by molar-refractivity contribution is 5.83. The second-order valence-electron chi connectivity index (χ2n) is 3.77. The minimum absolute atomic E-state index is 0.470. The Hall–Kier alpha value is -1.75. The zero-order valence-corrected chi connectivity index (χ0v) is 9.00. The Morgan fingerprint density at radius 2 is 2.20 bits per heavy atom. The molecule has 0 aliphatic heterocycles. The molecule has 1 aromatic heterocycles. The second kappa shape index (κ2) is 3.78. The van der Waals surface area contributed by atoms with Crippen molar-refractivity contribution >= 4 is 11.0 Å². The van der Waals surface area contributed by atoms with Gasteiger partial charge < -0.3 is 4.42 Å². The van der Waals surface area contributed by atoms with Crippen LogP contribution >= 0.6 is 0 Å². The first-order valence-electron chi connectivity index (χ1n) is 5.18. The van der Waals surface area contributed by atoms with E-state index in [4.69, 9.17) is 9.68 Å². The van der Waals surface area contributed by atoms with Gasteiger partial charge in [0.1, 0.15) is 11.7 Å². The van der Waals surface area contributed by atoms with Crippen LogP contribution in [-0.2, 0) is 6.42 Å². The fourth-order valence-corrected chi connectivity index (χ4v) is 1.85. The van der Waals surface area contributed by atoms with E-state index in [-0.39, 0.29) is 0 Å². The van der Waals surface area contributed by atoms with Crippen LogP contribution in [0.1, 0.15) is 30.2 Å². The third-order valence-electron chi connectivity index (χ3n) is 2.55. The van der Waals surface area contributed by atoms with Crippen LogP contribution in [-0.4, -0.2) is 0 Å². The molecule has 0 aliphatic rings. The lowest BCUT2D eigenvalue weighted by molar-refractivity contribution is 0.592. The minimum atomic E-state index is 0.470. The van der Waals surface area contributed by atoms with Crippen LogP contribution in [0.25, 0.3) is 11.0 Å². The van der Waals surface area contributed by atoms with Gasteiger partial charge in [-0.1, -0.05) is 25.0 Å². The molecule has 0 radical (unpaired) electrons. The van der Waals surface area contributed by atoms with Crippen LogP contribution in [0.2, 0.25) is 0 Å². The van der Waals surface area contributed by atoms with E-state index in [9.17, 15) is 0 Å². The van der Waals surface area contributed by atoms with Crippen LogP contribution in [0.15, 0.2) is 22.6 Å². The highest BCUT2D eigenvalue weighted by Gasteiger charge is 2.12. The molecule has 0 atom stereocenters. The summed E-state index contributed by atoms with van der Waals surface area (Å²) < 4.78 is 5.49. The topological polar surface area (TPSA) is 36.9 Å². The molecule has 0 N–H and O–H groups in total. The molecule has 0 amide bonds. The van der Waals surface area contributed by atoms with Gasteiger partial charge in [-0.15, -0.1) is 0 Å². The van der Waals surface area contributed by atoms with E-state index < -0.39 is 0 Å². The predicted molar refractivity (Wildman–Crippen MR) is 59.7 cm³/mol. The standard InChI is InChI=1S/C13H13NO/c1-3-4-10-11-7-9(2)5-6-12(11)15-13(10)8-14/h5-7H,3-4H2,1-2H3. The first-order valence-corrected chi connectivity index (χ1v) is 5.18. The number of furan rings is 1. The maximum Gasteiger partial charge on any atom is 0.207 e. The molecule has 76 valence electrons. The van der Waals surface area contributed by atoms with Gasteiger partial charge in [-0.05, 0) is 25.5 Å². The average molecular weight is 199 g/mol. The number of benzene rings is 1. The fraction of sp³-hybridized carbons (Fsp3) is 0.308. The summed E-state index contributed by atoms with van der Waals surface area (Å²) in [7, 11) is 0. The lowest BCUT2D eigenvalue weighted by atomic mass is 10.0. The van der Waals surface area contributed by atoms with Crippen molar-refractivity contribution in [3.63, 3.8) is 0 Å². The van der Waals surface area contributed by atoms with Gasteiger partial charge in [-0.3, -0.25) is 0 Å². The molecular weight excluding hydrogens is 186 g/mol. The lowest BCUT2D eigenvalue weighted by Crippen LogP contribution is -1.84. The Kier molecular flexibility index (Phi) is 2.47. The highest BCUT2D eigenvalue weighted by Crippen LogP contribution is 2.27. The minimum Gasteiger partial charge on any atom is -0.445 e. The average Bonchev–Trinajstić information content (AvgIpc) is 2.57. The summed E-state index contributed by atoms with van der Waals surface area (Å²) in [4.78, 5) is 0. The molecule has 1 aromatic carbocycles. The summed E-state index contributed by atoms with van der Waals surface area (Å²) in [5.41, 5.74) is 3.07. The monoisotopic (exact) mass is 199 g/mol. The maximum absolute atomic E-state index is 8.97. The molecule has 0 bridgehead atoms. The van der Waals surface area contributed by atoms with Crippen LogP contribution in [0.5, 0.6) is 0 Å². The molecule has 0 saturated carbocycles. The van der Waals surface area contributed by atoms with Gasteiger partial charge in [0.15, 0.2) is 0 Å². The molecular formula is C13H13NO. The molecule has 1 heterocycles. The molecule has 2 rings (SSSR count). The first kappa shape index (κ1) is 9.79. The largest absolute Gasteiger partial charge is 0.445 e. The van der Waals surface area contributed by atoms with Gasteiger partial charge >= 0.3 is 0 Å². The summed E-state index contributed by atoms with van der Waals surface area (Å²) in [6.07, 6.45) is 1.93.